The van der Waals surface area contributed by atoms with Gasteiger partial charge in [-0.1, -0.05) is 36.4 Å². The van der Waals surface area contributed by atoms with Crippen LogP contribution in [0, 0.1) is 0 Å². The predicted octanol–water partition coefficient (Wildman–Crippen LogP) is 3.31. The van der Waals surface area contributed by atoms with Gasteiger partial charge in [-0.05, 0) is 12.3 Å². The Morgan fingerprint density at radius 2 is 2.00 bits per heavy atom. The van der Waals surface area contributed by atoms with Gasteiger partial charge in [0, 0.05) is 43.1 Å². The zero-order chi connectivity index (χ0) is 19.3. The van der Waals surface area contributed by atoms with Crippen LogP contribution >= 0.6 is 0 Å². The van der Waals surface area contributed by atoms with Crippen molar-refractivity contribution in [2.75, 3.05) is 51.3 Å². The van der Waals surface area contributed by atoms with Gasteiger partial charge in [-0.25, -0.2) is 4.79 Å². The average Bonchev–Trinajstić information content (AvgIpc) is 2.74. The van der Waals surface area contributed by atoms with Crippen molar-refractivity contribution in [1.82, 2.24) is 9.88 Å². The molecule has 1 aromatic heterocycles. The molecular formula is C22H25N3O3. The smallest absolute Gasteiger partial charge is 0.341 e. The Balaban J connectivity index is 1.69. The molecule has 0 atom stereocenters. The largest absolute Gasteiger partial charge is 0.462 e. The van der Waals surface area contributed by atoms with Crippen LogP contribution in [-0.2, 0) is 9.47 Å². The highest BCUT2D eigenvalue weighted by Crippen LogP contribution is 2.31. The van der Waals surface area contributed by atoms with E-state index in [9.17, 15) is 4.79 Å². The maximum atomic E-state index is 12.5. The summed E-state index contributed by atoms with van der Waals surface area (Å²) in [4.78, 5) is 19.5. The third-order valence-electron chi connectivity index (χ3n) is 5.09. The number of fused-ring (bicyclic) bond motifs is 3. The molecule has 0 bridgehead atoms. The molecule has 0 unspecified atom stereocenters. The highest BCUT2D eigenvalue weighted by molar-refractivity contribution is 6.13. The number of benzene rings is 2. The van der Waals surface area contributed by atoms with E-state index >= 15 is 0 Å². The molecule has 1 fully saturated rings. The molecule has 6 heteroatoms. The first-order chi connectivity index (χ1) is 13.8. The highest BCUT2D eigenvalue weighted by Gasteiger charge is 2.18. The number of morpholine rings is 1. The van der Waals surface area contributed by atoms with E-state index < -0.39 is 0 Å². The van der Waals surface area contributed by atoms with Crippen LogP contribution in [0.25, 0.3) is 21.7 Å². The quantitative estimate of drug-likeness (QED) is 0.524. The van der Waals surface area contributed by atoms with E-state index in [0.717, 1.165) is 66.8 Å². The van der Waals surface area contributed by atoms with E-state index in [1.165, 1.54) is 0 Å². The van der Waals surface area contributed by atoms with Crippen LogP contribution in [0.3, 0.4) is 0 Å². The molecular weight excluding hydrogens is 354 g/mol. The third kappa shape index (κ3) is 3.79. The first-order valence-electron chi connectivity index (χ1n) is 9.79. The van der Waals surface area contributed by atoms with Gasteiger partial charge in [-0.3, -0.25) is 9.88 Å². The number of nitrogens with zero attached hydrogens (tertiary/aromatic N) is 2. The summed E-state index contributed by atoms with van der Waals surface area (Å²) in [6.07, 6.45) is 1.63. The second-order valence-corrected chi connectivity index (χ2v) is 6.83. The van der Waals surface area contributed by atoms with Gasteiger partial charge in [0.25, 0.3) is 0 Å². The van der Waals surface area contributed by atoms with Gasteiger partial charge >= 0.3 is 5.97 Å². The monoisotopic (exact) mass is 379 g/mol. The molecule has 0 saturated carbocycles. The maximum absolute atomic E-state index is 12.5. The predicted molar refractivity (Wildman–Crippen MR) is 111 cm³/mol. The van der Waals surface area contributed by atoms with Crippen molar-refractivity contribution in [3.05, 3.63) is 48.2 Å². The van der Waals surface area contributed by atoms with Crippen LogP contribution in [0.1, 0.15) is 17.3 Å². The van der Waals surface area contributed by atoms with Crippen molar-refractivity contribution >= 4 is 33.3 Å². The fraction of sp³-hybridized carbons (Fsp3) is 0.364. The summed E-state index contributed by atoms with van der Waals surface area (Å²) in [5.74, 6) is -0.348. The second kappa shape index (κ2) is 8.54. The number of rotatable bonds is 6. The molecule has 0 amide bonds. The van der Waals surface area contributed by atoms with Gasteiger partial charge < -0.3 is 14.8 Å². The van der Waals surface area contributed by atoms with Gasteiger partial charge in [0.15, 0.2) is 0 Å². The van der Waals surface area contributed by atoms with Crippen LogP contribution in [0.2, 0.25) is 0 Å². The number of carbonyl (C=O) groups is 1. The highest BCUT2D eigenvalue weighted by atomic mass is 16.5. The van der Waals surface area contributed by atoms with Crippen molar-refractivity contribution in [2.24, 2.45) is 0 Å². The number of ether oxygens (including phenoxy) is 2. The number of esters is 1. The second-order valence-electron chi connectivity index (χ2n) is 6.83. The minimum atomic E-state index is -0.348. The Morgan fingerprint density at radius 3 is 2.82 bits per heavy atom. The number of hydrogen-bond donors (Lipinski definition) is 1. The van der Waals surface area contributed by atoms with Crippen LogP contribution in [0.5, 0.6) is 0 Å². The lowest BCUT2D eigenvalue weighted by Gasteiger charge is -2.27. The fourth-order valence-corrected chi connectivity index (χ4v) is 3.65. The minimum absolute atomic E-state index is 0.335. The molecule has 1 aliphatic heterocycles. The molecule has 4 rings (SSSR count). The summed E-state index contributed by atoms with van der Waals surface area (Å²) in [5.41, 5.74) is 2.16. The molecule has 1 saturated heterocycles. The van der Waals surface area contributed by atoms with E-state index in [0.29, 0.717) is 12.2 Å². The summed E-state index contributed by atoms with van der Waals surface area (Å²) >= 11 is 0. The lowest BCUT2D eigenvalue weighted by Crippen LogP contribution is -2.39. The molecule has 28 heavy (non-hydrogen) atoms. The van der Waals surface area contributed by atoms with Crippen molar-refractivity contribution < 1.29 is 14.3 Å². The van der Waals surface area contributed by atoms with E-state index in [1.807, 2.05) is 25.1 Å². The number of carbonyl (C=O) groups excluding carboxylic acids is 1. The Hall–Kier alpha value is -2.70. The van der Waals surface area contributed by atoms with E-state index in [4.69, 9.17) is 9.47 Å². The molecule has 2 aromatic carbocycles. The van der Waals surface area contributed by atoms with Gasteiger partial charge in [-0.15, -0.1) is 0 Å². The first kappa shape index (κ1) is 18.7. The Bertz CT molecular complexity index is 983. The van der Waals surface area contributed by atoms with Crippen LogP contribution in [0.4, 0.5) is 5.69 Å². The van der Waals surface area contributed by atoms with Crippen molar-refractivity contribution in [3.8, 4) is 0 Å². The van der Waals surface area contributed by atoms with Crippen molar-refractivity contribution in [3.63, 3.8) is 0 Å². The molecule has 3 aromatic rings. The van der Waals surface area contributed by atoms with Crippen molar-refractivity contribution in [1.29, 1.82) is 0 Å². The normalized spacial score (nSPS) is 15.0. The maximum Gasteiger partial charge on any atom is 0.341 e. The van der Waals surface area contributed by atoms with Gasteiger partial charge in [0.05, 0.1) is 31.0 Å². The third-order valence-corrected chi connectivity index (χ3v) is 5.09. The van der Waals surface area contributed by atoms with Crippen LogP contribution in [0.15, 0.2) is 42.6 Å². The van der Waals surface area contributed by atoms with Gasteiger partial charge in [0.1, 0.15) is 5.56 Å². The number of nitrogens with one attached hydrogen (secondary N) is 1. The topological polar surface area (TPSA) is 63.7 Å². The van der Waals surface area contributed by atoms with Crippen LogP contribution < -0.4 is 5.32 Å². The molecule has 1 aliphatic rings. The molecule has 1 N–H and O–H groups in total. The fourth-order valence-electron chi connectivity index (χ4n) is 3.65. The average molecular weight is 379 g/mol. The Kier molecular flexibility index (Phi) is 5.69. The number of anilines is 1. The summed E-state index contributed by atoms with van der Waals surface area (Å²) < 4.78 is 10.7. The lowest BCUT2D eigenvalue weighted by atomic mass is 10.0. The van der Waals surface area contributed by atoms with Crippen LogP contribution in [-0.4, -0.2) is 61.9 Å². The summed E-state index contributed by atoms with van der Waals surface area (Å²) in [6, 6.07) is 12.3. The van der Waals surface area contributed by atoms with E-state index in [-0.39, 0.29) is 5.97 Å². The number of hydrogen-bond acceptors (Lipinski definition) is 6. The minimum Gasteiger partial charge on any atom is -0.462 e. The molecule has 2 heterocycles. The number of aromatic nitrogens is 1. The summed E-state index contributed by atoms with van der Waals surface area (Å²) in [6.45, 7) is 7.20. The zero-order valence-electron chi connectivity index (χ0n) is 16.1. The first-order valence-corrected chi connectivity index (χ1v) is 9.79. The molecule has 146 valence electrons. The molecule has 0 aliphatic carbocycles. The Morgan fingerprint density at radius 1 is 1.18 bits per heavy atom. The van der Waals surface area contributed by atoms with E-state index in [2.05, 4.69) is 33.4 Å². The Labute approximate surface area is 164 Å². The van der Waals surface area contributed by atoms with Crippen molar-refractivity contribution in [2.45, 2.75) is 6.92 Å². The zero-order valence-corrected chi connectivity index (χ0v) is 16.1. The molecule has 0 spiro atoms. The summed E-state index contributed by atoms with van der Waals surface area (Å²) in [7, 11) is 0. The van der Waals surface area contributed by atoms with E-state index in [1.54, 1.807) is 6.20 Å². The SMILES string of the molecule is CCOC(=O)c1cnc2c(ccc3ccccc32)c1NCCN1CCOCC1. The summed E-state index contributed by atoms with van der Waals surface area (Å²) in [5, 5.41) is 6.63. The standard InChI is InChI=1S/C22H25N3O3/c1-2-28-22(26)19-15-24-20-17-6-4-3-5-16(17)7-8-18(20)21(19)23-9-10-25-11-13-27-14-12-25/h3-8,15H,2,9-14H2,1H3,(H,23,24). The molecule has 0 radical (unpaired) electrons. The number of pyridine rings is 1. The lowest BCUT2D eigenvalue weighted by molar-refractivity contribution is 0.0398. The van der Waals surface area contributed by atoms with Gasteiger partial charge in [0.2, 0.25) is 0 Å². The molecule has 6 nitrogen and oxygen atoms in total. The van der Waals surface area contributed by atoms with Gasteiger partial charge in [-0.2, -0.15) is 0 Å².